The number of amides is 1. The molecule has 0 aliphatic rings. The van der Waals surface area contributed by atoms with Gasteiger partial charge in [0.05, 0.1) is 12.1 Å². The lowest BCUT2D eigenvalue weighted by molar-refractivity contribution is -0.121. The second-order valence-corrected chi connectivity index (χ2v) is 5.40. The first-order chi connectivity index (χ1) is 10.6. The van der Waals surface area contributed by atoms with E-state index in [0.29, 0.717) is 23.8 Å². The number of aryl methyl sites for hydroxylation is 1. The molecule has 118 valence electrons. The number of nitrogens with zero attached hydrogens (tertiary/aromatic N) is 1. The molecule has 0 aliphatic carbocycles. The Labute approximate surface area is 130 Å². The molecule has 0 radical (unpaired) electrons. The average Bonchev–Trinajstić information content (AvgIpc) is 2.87. The maximum atomic E-state index is 12.0. The predicted molar refractivity (Wildman–Crippen MR) is 84.3 cm³/mol. The summed E-state index contributed by atoms with van der Waals surface area (Å²) in [7, 11) is 0. The van der Waals surface area contributed by atoms with E-state index in [1.54, 1.807) is 0 Å². The van der Waals surface area contributed by atoms with Gasteiger partial charge >= 0.3 is 0 Å². The minimum atomic E-state index is -0.0820. The van der Waals surface area contributed by atoms with Crippen LogP contribution in [0.15, 0.2) is 34.7 Å². The fourth-order valence-corrected chi connectivity index (χ4v) is 2.24. The minimum absolute atomic E-state index is 0.0421. The molecule has 0 bridgehead atoms. The molecule has 2 aromatic rings. The number of nitrogens with one attached hydrogen (secondary N) is 1. The summed E-state index contributed by atoms with van der Waals surface area (Å²) in [6.45, 7) is 3.89. The molecule has 5 heteroatoms. The number of carbonyl (C=O) groups is 1. The zero-order valence-corrected chi connectivity index (χ0v) is 13.0. The zero-order chi connectivity index (χ0) is 15.9. The smallest absolute Gasteiger partial charge is 0.226 e. The molecule has 1 atom stereocenters. The number of hydrogen-bond donors (Lipinski definition) is 2. The number of carbonyl (C=O) groups excluding carboxylic acids is 1. The number of rotatable bonds is 7. The molecule has 1 amide bonds. The van der Waals surface area contributed by atoms with E-state index in [9.17, 15) is 4.79 Å². The number of aromatic nitrogens is 1. The maximum absolute atomic E-state index is 12.0. The molecule has 1 heterocycles. The Morgan fingerprint density at radius 3 is 2.77 bits per heavy atom. The van der Waals surface area contributed by atoms with Crippen LogP contribution >= 0.6 is 0 Å². The number of aliphatic hydroxyl groups is 1. The van der Waals surface area contributed by atoms with Gasteiger partial charge < -0.3 is 14.8 Å². The van der Waals surface area contributed by atoms with E-state index in [1.807, 2.05) is 44.2 Å². The summed E-state index contributed by atoms with van der Waals surface area (Å²) < 4.78 is 5.65. The summed E-state index contributed by atoms with van der Waals surface area (Å²) in [5.74, 6) is 1.12. The molecule has 0 saturated heterocycles. The Morgan fingerprint density at radius 1 is 1.36 bits per heavy atom. The van der Waals surface area contributed by atoms with Gasteiger partial charge in [-0.25, -0.2) is 4.98 Å². The molecular formula is C17H22N2O3. The molecule has 2 N–H and O–H groups in total. The normalized spacial score (nSPS) is 12.1. The van der Waals surface area contributed by atoms with Crippen LogP contribution in [0.3, 0.4) is 0 Å². The first kappa shape index (κ1) is 16.2. The monoisotopic (exact) mass is 302 g/mol. The Hall–Kier alpha value is -2.14. The number of benzene rings is 1. The van der Waals surface area contributed by atoms with E-state index in [4.69, 9.17) is 9.52 Å². The molecule has 1 aromatic carbocycles. The highest BCUT2D eigenvalue weighted by Gasteiger charge is 2.15. The standard InChI is InChI=1S/C17H22N2O3/c1-12(7-6-10-20)18-16(21)11-15-13(2)22-17(19-15)14-8-4-3-5-9-14/h3-5,8-9,12,20H,6-7,10-11H2,1-2H3,(H,18,21). The zero-order valence-electron chi connectivity index (χ0n) is 13.0. The lowest BCUT2D eigenvalue weighted by Crippen LogP contribution is -2.34. The van der Waals surface area contributed by atoms with E-state index in [1.165, 1.54) is 0 Å². The predicted octanol–water partition coefficient (Wildman–Crippen LogP) is 2.47. The van der Waals surface area contributed by atoms with E-state index in [-0.39, 0.29) is 25.0 Å². The Morgan fingerprint density at radius 2 is 2.09 bits per heavy atom. The molecule has 0 aliphatic heterocycles. The third-order valence-electron chi connectivity index (χ3n) is 3.44. The van der Waals surface area contributed by atoms with E-state index in [2.05, 4.69) is 10.3 Å². The van der Waals surface area contributed by atoms with Crippen LogP contribution in [0.4, 0.5) is 0 Å². The molecular weight excluding hydrogens is 280 g/mol. The van der Waals surface area contributed by atoms with Crippen molar-refractivity contribution in [1.29, 1.82) is 0 Å². The van der Waals surface area contributed by atoms with Crippen LogP contribution in [-0.4, -0.2) is 28.6 Å². The van der Waals surface area contributed by atoms with Crippen LogP contribution in [0.2, 0.25) is 0 Å². The van der Waals surface area contributed by atoms with Crippen molar-refractivity contribution in [2.75, 3.05) is 6.61 Å². The summed E-state index contributed by atoms with van der Waals surface area (Å²) in [5.41, 5.74) is 1.55. The van der Waals surface area contributed by atoms with Gasteiger partial charge in [-0.15, -0.1) is 0 Å². The Bertz CT molecular complexity index is 608. The van der Waals surface area contributed by atoms with Crippen molar-refractivity contribution in [3.63, 3.8) is 0 Å². The second-order valence-electron chi connectivity index (χ2n) is 5.40. The Kier molecular flexibility index (Phi) is 5.72. The molecule has 1 aromatic heterocycles. The summed E-state index contributed by atoms with van der Waals surface area (Å²) in [6.07, 6.45) is 1.64. The number of aliphatic hydroxyl groups excluding tert-OH is 1. The quantitative estimate of drug-likeness (QED) is 0.824. The van der Waals surface area contributed by atoms with Crippen molar-refractivity contribution in [3.8, 4) is 11.5 Å². The van der Waals surface area contributed by atoms with Gasteiger partial charge in [0.15, 0.2) is 0 Å². The first-order valence-corrected chi connectivity index (χ1v) is 7.52. The third-order valence-corrected chi connectivity index (χ3v) is 3.44. The maximum Gasteiger partial charge on any atom is 0.226 e. The van der Waals surface area contributed by atoms with Crippen molar-refractivity contribution in [2.45, 2.75) is 39.2 Å². The molecule has 0 fully saturated rings. The van der Waals surface area contributed by atoms with Gasteiger partial charge in [0.1, 0.15) is 5.76 Å². The van der Waals surface area contributed by atoms with Crippen LogP contribution in [-0.2, 0) is 11.2 Å². The van der Waals surface area contributed by atoms with E-state index < -0.39 is 0 Å². The third kappa shape index (κ3) is 4.43. The fourth-order valence-electron chi connectivity index (χ4n) is 2.24. The molecule has 22 heavy (non-hydrogen) atoms. The van der Waals surface area contributed by atoms with Crippen molar-refractivity contribution in [1.82, 2.24) is 10.3 Å². The van der Waals surface area contributed by atoms with Crippen LogP contribution in [0, 0.1) is 6.92 Å². The topological polar surface area (TPSA) is 75.4 Å². The highest BCUT2D eigenvalue weighted by atomic mass is 16.4. The van der Waals surface area contributed by atoms with Crippen molar-refractivity contribution in [2.24, 2.45) is 0 Å². The van der Waals surface area contributed by atoms with E-state index in [0.717, 1.165) is 12.0 Å². The fraction of sp³-hybridized carbons (Fsp3) is 0.412. The molecule has 0 spiro atoms. The van der Waals surface area contributed by atoms with Gasteiger partial charge in [-0.1, -0.05) is 18.2 Å². The van der Waals surface area contributed by atoms with Gasteiger partial charge in [-0.2, -0.15) is 0 Å². The molecule has 2 rings (SSSR count). The van der Waals surface area contributed by atoms with Gasteiger partial charge in [0.25, 0.3) is 0 Å². The van der Waals surface area contributed by atoms with Crippen molar-refractivity contribution >= 4 is 5.91 Å². The number of hydrogen-bond acceptors (Lipinski definition) is 4. The molecule has 5 nitrogen and oxygen atoms in total. The summed E-state index contributed by atoms with van der Waals surface area (Å²) in [5, 5.41) is 11.7. The summed E-state index contributed by atoms with van der Waals surface area (Å²) in [4.78, 5) is 16.5. The van der Waals surface area contributed by atoms with Crippen molar-refractivity contribution in [3.05, 3.63) is 41.8 Å². The highest BCUT2D eigenvalue weighted by Crippen LogP contribution is 2.21. The summed E-state index contributed by atoms with van der Waals surface area (Å²) in [6, 6.07) is 9.66. The van der Waals surface area contributed by atoms with Crippen LogP contribution in [0.1, 0.15) is 31.2 Å². The second kappa shape index (κ2) is 7.75. The lowest BCUT2D eigenvalue weighted by Gasteiger charge is -2.12. The highest BCUT2D eigenvalue weighted by molar-refractivity contribution is 5.78. The van der Waals surface area contributed by atoms with Crippen LogP contribution in [0.25, 0.3) is 11.5 Å². The average molecular weight is 302 g/mol. The van der Waals surface area contributed by atoms with Gasteiger partial charge in [0, 0.05) is 18.2 Å². The largest absolute Gasteiger partial charge is 0.441 e. The Balaban J connectivity index is 1.98. The van der Waals surface area contributed by atoms with Crippen molar-refractivity contribution < 1.29 is 14.3 Å². The first-order valence-electron chi connectivity index (χ1n) is 7.52. The van der Waals surface area contributed by atoms with Crippen LogP contribution in [0.5, 0.6) is 0 Å². The lowest BCUT2D eigenvalue weighted by atomic mass is 10.1. The van der Waals surface area contributed by atoms with Gasteiger partial charge in [-0.05, 0) is 38.8 Å². The SMILES string of the molecule is Cc1oc(-c2ccccc2)nc1CC(=O)NC(C)CCCO. The molecule has 0 saturated carbocycles. The van der Waals surface area contributed by atoms with Gasteiger partial charge in [-0.3, -0.25) is 4.79 Å². The minimum Gasteiger partial charge on any atom is -0.441 e. The van der Waals surface area contributed by atoms with E-state index >= 15 is 0 Å². The van der Waals surface area contributed by atoms with Crippen LogP contribution < -0.4 is 5.32 Å². The summed E-state index contributed by atoms with van der Waals surface area (Å²) >= 11 is 0. The van der Waals surface area contributed by atoms with Gasteiger partial charge in [0.2, 0.25) is 11.8 Å². The molecule has 1 unspecified atom stereocenters. The number of oxazole rings is 1.